The molecule has 1 aromatic heterocycles. The Morgan fingerprint density at radius 1 is 1.19 bits per heavy atom. The third-order valence-electron chi connectivity index (χ3n) is 4.55. The van der Waals surface area contributed by atoms with Crippen molar-refractivity contribution in [3.63, 3.8) is 0 Å². The van der Waals surface area contributed by atoms with Gasteiger partial charge in [-0.25, -0.2) is 0 Å². The summed E-state index contributed by atoms with van der Waals surface area (Å²) in [6.45, 7) is 0.477. The fourth-order valence-electron chi connectivity index (χ4n) is 3.20. The molecular formula is C21H17F3N4OS2. The maximum atomic E-state index is 12.5. The lowest BCUT2D eigenvalue weighted by Gasteiger charge is -2.30. The van der Waals surface area contributed by atoms with Crippen LogP contribution in [0.3, 0.4) is 0 Å². The lowest BCUT2D eigenvalue weighted by molar-refractivity contribution is -0.115. The van der Waals surface area contributed by atoms with Gasteiger partial charge in [0.05, 0.1) is 18.7 Å². The number of thiophene rings is 1. The molecule has 10 heteroatoms. The van der Waals surface area contributed by atoms with Crippen molar-refractivity contribution in [3.05, 3.63) is 71.1 Å². The zero-order valence-electron chi connectivity index (χ0n) is 16.0. The molecule has 0 radical (unpaired) electrons. The molecule has 0 spiro atoms. The monoisotopic (exact) mass is 462 g/mol. The minimum atomic E-state index is -4.37. The van der Waals surface area contributed by atoms with Gasteiger partial charge in [-0.05, 0) is 65.2 Å². The number of carbonyl (C=O) groups excluding carboxylic acids is 1. The largest absolute Gasteiger partial charge is 0.446 e. The van der Waals surface area contributed by atoms with Crippen molar-refractivity contribution in [2.45, 2.75) is 16.8 Å². The second kappa shape index (κ2) is 8.64. The number of halogens is 3. The van der Waals surface area contributed by atoms with Gasteiger partial charge in [0.1, 0.15) is 10.8 Å². The Kier molecular flexibility index (Phi) is 5.92. The van der Waals surface area contributed by atoms with Crippen molar-refractivity contribution in [1.82, 2.24) is 0 Å². The summed E-state index contributed by atoms with van der Waals surface area (Å²) in [6.07, 6.45) is -0.0321. The number of nitrogens with zero attached hydrogens (tertiary/aromatic N) is 1. The number of amidine groups is 1. The molecule has 2 heterocycles. The van der Waals surface area contributed by atoms with E-state index in [2.05, 4.69) is 10.6 Å². The number of thioether (sulfide) groups is 1. The van der Waals surface area contributed by atoms with Crippen LogP contribution >= 0.6 is 23.1 Å². The van der Waals surface area contributed by atoms with E-state index in [0.29, 0.717) is 23.8 Å². The average molecular weight is 463 g/mol. The highest BCUT2D eigenvalue weighted by atomic mass is 32.2. The van der Waals surface area contributed by atoms with E-state index in [-0.39, 0.29) is 29.0 Å². The minimum Gasteiger partial charge on any atom is -0.359 e. The van der Waals surface area contributed by atoms with Crippen molar-refractivity contribution in [2.24, 2.45) is 0 Å². The van der Waals surface area contributed by atoms with Crippen LogP contribution in [0.15, 0.2) is 64.9 Å². The summed E-state index contributed by atoms with van der Waals surface area (Å²) in [5.74, 6) is 0.0839. The number of hydrogen-bond donors (Lipinski definition) is 3. The summed E-state index contributed by atoms with van der Waals surface area (Å²) in [5.41, 5.74) is -1.64. The number of anilines is 3. The normalized spacial score (nSPS) is 13.5. The highest BCUT2D eigenvalue weighted by Gasteiger charge is 2.29. The summed E-state index contributed by atoms with van der Waals surface area (Å²) in [4.78, 5) is 14.2. The Balaban J connectivity index is 1.38. The van der Waals surface area contributed by atoms with Gasteiger partial charge in [-0.1, -0.05) is 12.1 Å². The van der Waals surface area contributed by atoms with Crippen molar-refractivity contribution >= 4 is 51.2 Å². The van der Waals surface area contributed by atoms with Crippen molar-refractivity contribution in [3.8, 4) is 0 Å². The smallest absolute Gasteiger partial charge is 0.359 e. The first-order valence-corrected chi connectivity index (χ1v) is 10.9. The maximum Gasteiger partial charge on any atom is 0.446 e. The number of hydrogen-bond acceptors (Lipinski definition) is 5. The third-order valence-corrected chi connectivity index (χ3v) is 6.14. The van der Waals surface area contributed by atoms with Crippen molar-refractivity contribution < 1.29 is 18.0 Å². The molecular weight excluding hydrogens is 445 g/mol. The first-order valence-electron chi connectivity index (χ1n) is 9.21. The molecule has 1 aliphatic heterocycles. The van der Waals surface area contributed by atoms with Crippen LogP contribution in [0.2, 0.25) is 0 Å². The standard InChI is InChI=1S/C21H17F3N4OS2/c22-21(23,24)31-16-3-1-2-13(10-16)11-18(29)27-14-4-6-15(7-5-14)28-12-26-20-17(19(28)25)8-9-30-20/h1-10,25-26H,11-12H2,(H,27,29). The SMILES string of the molecule is N=C1c2ccsc2NCN1c1ccc(NC(=O)Cc2cccc(SC(F)(F)F)c2)cc1. The fourth-order valence-corrected chi connectivity index (χ4v) is 4.60. The summed E-state index contributed by atoms with van der Waals surface area (Å²) in [5, 5.41) is 17.3. The number of amides is 1. The molecule has 4 rings (SSSR count). The summed E-state index contributed by atoms with van der Waals surface area (Å²) >= 11 is 1.36. The van der Waals surface area contributed by atoms with Gasteiger partial charge in [-0.3, -0.25) is 10.2 Å². The molecule has 1 aliphatic rings. The van der Waals surface area contributed by atoms with Gasteiger partial charge in [0.25, 0.3) is 0 Å². The Morgan fingerprint density at radius 2 is 1.97 bits per heavy atom. The zero-order valence-corrected chi connectivity index (χ0v) is 17.6. The van der Waals surface area contributed by atoms with E-state index in [0.717, 1.165) is 16.3 Å². The average Bonchev–Trinajstić information content (AvgIpc) is 3.18. The first kappa shape index (κ1) is 21.3. The molecule has 0 unspecified atom stereocenters. The van der Waals surface area contributed by atoms with Crippen LogP contribution in [-0.4, -0.2) is 23.9 Å². The molecule has 1 amide bonds. The lowest BCUT2D eigenvalue weighted by atomic mass is 10.1. The summed E-state index contributed by atoms with van der Waals surface area (Å²) in [7, 11) is 0. The van der Waals surface area contributed by atoms with Gasteiger partial charge in [-0.15, -0.1) is 11.3 Å². The molecule has 0 saturated heterocycles. The van der Waals surface area contributed by atoms with Crippen LogP contribution in [0.4, 0.5) is 29.5 Å². The van der Waals surface area contributed by atoms with Gasteiger partial charge < -0.3 is 15.5 Å². The molecule has 3 aromatic rings. The number of fused-ring (bicyclic) bond motifs is 1. The van der Waals surface area contributed by atoms with E-state index in [1.54, 1.807) is 29.5 Å². The molecule has 5 nitrogen and oxygen atoms in total. The molecule has 0 fully saturated rings. The van der Waals surface area contributed by atoms with Crippen LogP contribution in [0.25, 0.3) is 0 Å². The van der Waals surface area contributed by atoms with Crippen LogP contribution in [0, 0.1) is 5.41 Å². The Hall–Kier alpha value is -2.98. The fraction of sp³-hybridized carbons (Fsp3) is 0.143. The van der Waals surface area contributed by atoms with Gasteiger partial charge >= 0.3 is 5.51 Å². The van der Waals surface area contributed by atoms with Crippen LogP contribution in [0.1, 0.15) is 11.1 Å². The summed E-state index contributed by atoms with van der Waals surface area (Å²) in [6, 6.07) is 14.9. The number of carbonyl (C=O) groups is 1. The van der Waals surface area contributed by atoms with Gasteiger partial charge in [0.2, 0.25) is 5.91 Å². The number of nitrogens with one attached hydrogen (secondary N) is 3. The highest BCUT2D eigenvalue weighted by molar-refractivity contribution is 8.00. The van der Waals surface area contributed by atoms with Gasteiger partial charge in [0.15, 0.2) is 0 Å². The molecule has 0 bridgehead atoms. The molecule has 0 aliphatic carbocycles. The maximum absolute atomic E-state index is 12.5. The molecule has 0 atom stereocenters. The Morgan fingerprint density at radius 3 is 2.71 bits per heavy atom. The van der Waals surface area contributed by atoms with E-state index >= 15 is 0 Å². The predicted octanol–water partition coefficient (Wildman–Crippen LogP) is 5.76. The molecule has 31 heavy (non-hydrogen) atoms. The van der Waals surface area contributed by atoms with Gasteiger partial charge in [-0.2, -0.15) is 13.2 Å². The molecule has 3 N–H and O–H groups in total. The van der Waals surface area contributed by atoms with Crippen LogP contribution < -0.4 is 15.5 Å². The van der Waals surface area contributed by atoms with Crippen molar-refractivity contribution in [2.75, 3.05) is 22.2 Å². The minimum absolute atomic E-state index is 0.0321. The Labute approximate surface area is 184 Å². The quantitative estimate of drug-likeness (QED) is 0.422. The molecule has 2 aromatic carbocycles. The molecule has 0 saturated carbocycles. The van der Waals surface area contributed by atoms with E-state index in [9.17, 15) is 18.0 Å². The second-order valence-corrected chi connectivity index (χ2v) is 8.80. The number of rotatable bonds is 5. The predicted molar refractivity (Wildman–Crippen MR) is 119 cm³/mol. The summed E-state index contributed by atoms with van der Waals surface area (Å²) < 4.78 is 37.6. The van der Waals surface area contributed by atoms with E-state index in [1.165, 1.54) is 18.2 Å². The van der Waals surface area contributed by atoms with Crippen molar-refractivity contribution in [1.29, 1.82) is 5.41 Å². The lowest BCUT2D eigenvalue weighted by Crippen LogP contribution is -2.39. The number of alkyl halides is 3. The highest BCUT2D eigenvalue weighted by Crippen LogP contribution is 2.37. The second-order valence-electron chi connectivity index (χ2n) is 6.74. The van der Waals surface area contributed by atoms with E-state index in [4.69, 9.17) is 5.41 Å². The Bertz CT molecular complexity index is 1110. The van der Waals surface area contributed by atoms with Crippen LogP contribution in [0.5, 0.6) is 0 Å². The first-order chi connectivity index (χ1) is 14.8. The molecule has 160 valence electrons. The zero-order chi connectivity index (χ0) is 22.0. The van der Waals surface area contributed by atoms with E-state index < -0.39 is 5.51 Å². The van der Waals surface area contributed by atoms with Gasteiger partial charge in [0, 0.05) is 16.3 Å². The van der Waals surface area contributed by atoms with Crippen LogP contribution in [-0.2, 0) is 11.2 Å². The topological polar surface area (TPSA) is 68.2 Å². The third kappa shape index (κ3) is 5.20. The number of benzene rings is 2. The van der Waals surface area contributed by atoms with E-state index in [1.807, 2.05) is 28.5 Å².